The fourth-order valence-corrected chi connectivity index (χ4v) is 3.47. The summed E-state index contributed by atoms with van der Waals surface area (Å²) in [7, 11) is 1.26. The molecule has 1 aromatic heterocycles. The van der Waals surface area contributed by atoms with Gasteiger partial charge in [-0.25, -0.2) is 19.2 Å². The Hall–Kier alpha value is -2.75. The fourth-order valence-electron chi connectivity index (χ4n) is 2.85. The van der Waals surface area contributed by atoms with Crippen LogP contribution in [0.4, 0.5) is 10.3 Å². The minimum absolute atomic E-state index is 0.153. The van der Waals surface area contributed by atoms with Gasteiger partial charge in [-0.15, -0.1) is 0 Å². The zero-order valence-electron chi connectivity index (χ0n) is 14.6. The van der Waals surface area contributed by atoms with Crippen LogP contribution in [0, 0.1) is 12.7 Å². The molecule has 0 aliphatic carbocycles. The maximum Gasteiger partial charge on any atom is 0.346 e. The van der Waals surface area contributed by atoms with Gasteiger partial charge in [0.2, 0.25) is 12.6 Å². The SMILES string of the molecule is COC(=O)CO/N=C1\N[C@@H](c2ccc(F)cc2Br)Cc2nc(N)nc(C)c21. The number of aromatic nitrogens is 2. The highest BCUT2D eigenvalue weighted by Gasteiger charge is 2.29. The van der Waals surface area contributed by atoms with E-state index in [0.29, 0.717) is 33.7 Å². The summed E-state index contributed by atoms with van der Waals surface area (Å²) >= 11 is 3.38. The molecule has 3 N–H and O–H groups in total. The number of rotatable bonds is 4. The van der Waals surface area contributed by atoms with Crippen LogP contribution in [0.3, 0.4) is 0 Å². The Morgan fingerprint density at radius 2 is 2.26 bits per heavy atom. The van der Waals surface area contributed by atoms with Crippen LogP contribution in [0.1, 0.15) is 28.6 Å². The van der Waals surface area contributed by atoms with Gasteiger partial charge >= 0.3 is 5.97 Å². The van der Waals surface area contributed by atoms with E-state index in [2.05, 4.69) is 41.1 Å². The third kappa shape index (κ3) is 4.16. The third-order valence-corrected chi connectivity index (χ3v) is 4.72. The molecule has 1 aliphatic rings. The molecule has 1 aromatic carbocycles. The monoisotopic (exact) mass is 437 g/mol. The van der Waals surface area contributed by atoms with Gasteiger partial charge < -0.3 is 20.6 Å². The summed E-state index contributed by atoms with van der Waals surface area (Å²) in [6.45, 7) is 1.44. The molecule has 0 radical (unpaired) electrons. The molecule has 1 aliphatic heterocycles. The second-order valence-corrected chi connectivity index (χ2v) is 6.70. The highest BCUT2D eigenvalue weighted by Crippen LogP contribution is 2.31. The lowest BCUT2D eigenvalue weighted by Crippen LogP contribution is -2.38. The smallest absolute Gasteiger partial charge is 0.346 e. The van der Waals surface area contributed by atoms with Crippen LogP contribution in [0.25, 0.3) is 0 Å². The Labute approximate surface area is 163 Å². The van der Waals surface area contributed by atoms with Gasteiger partial charge in [0, 0.05) is 10.9 Å². The molecular weight excluding hydrogens is 421 g/mol. The molecule has 1 atom stereocenters. The first-order valence-electron chi connectivity index (χ1n) is 8.00. The number of fused-ring (bicyclic) bond motifs is 1. The summed E-state index contributed by atoms with van der Waals surface area (Å²) in [6.07, 6.45) is 0.489. The first-order valence-corrected chi connectivity index (χ1v) is 8.80. The summed E-state index contributed by atoms with van der Waals surface area (Å²) in [5.41, 5.74) is 8.57. The van der Waals surface area contributed by atoms with E-state index < -0.39 is 5.97 Å². The molecular formula is C17H17BrFN5O3. The predicted octanol–water partition coefficient (Wildman–Crippen LogP) is 2.01. The number of nitrogens with two attached hydrogens (primary N) is 1. The van der Waals surface area contributed by atoms with Crippen LogP contribution in [0.5, 0.6) is 0 Å². The summed E-state index contributed by atoms with van der Waals surface area (Å²) in [4.78, 5) is 24.8. The highest BCUT2D eigenvalue weighted by molar-refractivity contribution is 9.10. The van der Waals surface area contributed by atoms with Crippen LogP contribution >= 0.6 is 15.9 Å². The van der Waals surface area contributed by atoms with Crippen molar-refractivity contribution in [2.45, 2.75) is 19.4 Å². The van der Waals surface area contributed by atoms with Crippen molar-refractivity contribution < 1.29 is 18.8 Å². The molecule has 2 aromatic rings. The lowest BCUT2D eigenvalue weighted by Gasteiger charge is -2.28. The lowest BCUT2D eigenvalue weighted by atomic mass is 9.94. The van der Waals surface area contributed by atoms with Crippen molar-refractivity contribution in [2.75, 3.05) is 19.5 Å². The van der Waals surface area contributed by atoms with Gasteiger partial charge in [0.25, 0.3) is 0 Å². The summed E-state index contributed by atoms with van der Waals surface area (Å²) in [6, 6.07) is 4.17. The van der Waals surface area contributed by atoms with Crippen LogP contribution in [0.15, 0.2) is 27.8 Å². The van der Waals surface area contributed by atoms with Crippen molar-refractivity contribution in [3.8, 4) is 0 Å². The van der Waals surface area contributed by atoms with E-state index in [1.165, 1.54) is 19.2 Å². The molecule has 0 saturated heterocycles. The Balaban J connectivity index is 1.99. The van der Waals surface area contributed by atoms with Crippen LogP contribution < -0.4 is 11.1 Å². The summed E-state index contributed by atoms with van der Waals surface area (Å²) in [5.74, 6) is -0.392. The first-order chi connectivity index (χ1) is 12.9. The second kappa shape index (κ2) is 7.87. The van der Waals surface area contributed by atoms with Crippen molar-refractivity contribution in [1.29, 1.82) is 0 Å². The van der Waals surface area contributed by atoms with E-state index in [1.807, 2.05) is 0 Å². The van der Waals surface area contributed by atoms with Crippen molar-refractivity contribution in [1.82, 2.24) is 15.3 Å². The zero-order valence-corrected chi connectivity index (χ0v) is 16.2. The number of ether oxygens (including phenoxy) is 1. The number of carbonyl (C=O) groups is 1. The minimum Gasteiger partial charge on any atom is -0.466 e. The Kier molecular flexibility index (Phi) is 5.54. The average molecular weight is 438 g/mol. The van der Waals surface area contributed by atoms with Gasteiger partial charge in [0.15, 0.2) is 5.84 Å². The number of halogens is 2. The highest BCUT2D eigenvalue weighted by atomic mass is 79.9. The molecule has 0 amide bonds. The molecule has 10 heteroatoms. The van der Waals surface area contributed by atoms with Crippen LogP contribution in [-0.4, -0.2) is 35.5 Å². The first kappa shape index (κ1) is 19.0. The van der Waals surface area contributed by atoms with E-state index >= 15 is 0 Å². The average Bonchev–Trinajstić information content (AvgIpc) is 2.60. The molecule has 0 bridgehead atoms. The number of carbonyl (C=O) groups excluding carboxylic acids is 1. The van der Waals surface area contributed by atoms with Crippen molar-refractivity contribution in [3.05, 3.63) is 51.0 Å². The number of hydrogen-bond donors (Lipinski definition) is 2. The van der Waals surface area contributed by atoms with Gasteiger partial charge in [-0.3, -0.25) is 0 Å². The predicted molar refractivity (Wildman–Crippen MR) is 99.4 cm³/mol. The minimum atomic E-state index is -0.557. The lowest BCUT2D eigenvalue weighted by molar-refractivity contribution is -0.145. The Morgan fingerprint density at radius 1 is 1.48 bits per heavy atom. The zero-order chi connectivity index (χ0) is 19.6. The quantitative estimate of drug-likeness (QED) is 0.555. The maximum atomic E-state index is 13.4. The molecule has 0 saturated carbocycles. The molecule has 0 fully saturated rings. The second-order valence-electron chi connectivity index (χ2n) is 5.85. The number of anilines is 1. The molecule has 0 unspecified atom stereocenters. The number of methoxy groups -OCH3 is 1. The number of hydrogen-bond acceptors (Lipinski definition) is 7. The van der Waals surface area contributed by atoms with Gasteiger partial charge in [-0.2, -0.15) is 0 Å². The molecule has 8 nitrogen and oxygen atoms in total. The number of esters is 1. The van der Waals surface area contributed by atoms with Crippen molar-refractivity contribution in [3.63, 3.8) is 0 Å². The van der Waals surface area contributed by atoms with E-state index in [0.717, 1.165) is 5.56 Å². The van der Waals surface area contributed by atoms with Crippen molar-refractivity contribution >= 4 is 33.7 Å². The van der Waals surface area contributed by atoms with Gasteiger partial charge in [0.05, 0.1) is 30.1 Å². The van der Waals surface area contributed by atoms with Crippen molar-refractivity contribution in [2.24, 2.45) is 5.16 Å². The normalized spacial score (nSPS) is 17.2. The number of nitrogen functional groups attached to an aromatic ring is 1. The molecule has 142 valence electrons. The van der Waals surface area contributed by atoms with Gasteiger partial charge in [0.1, 0.15) is 5.82 Å². The summed E-state index contributed by atoms with van der Waals surface area (Å²) < 4.78 is 18.6. The largest absolute Gasteiger partial charge is 0.466 e. The molecule has 3 rings (SSSR count). The van der Waals surface area contributed by atoms with E-state index in [1.54, 1.807) is 13.0 Å². The number of nitrogens with one attached hydrogen (secondary N) is 1. The Morgan fingerprint density at radius 3 is 2.96 bits per heavy atom. The summed E-state index contributed by atoms with van der Waals surface area (Å²) in [5, 5.41) is 7.26. The van der Waals surface area contributed by atoms with E-state index in [9.17, 15) is 9.18 Å². The standard InChI is InChI=1S/C17H17BrFN5O3/c1-8-15-13(23-17(20)21-8)6-12(10-4-3-9(19)5-11(10)18)22-16(15)24-27-7-14(25)26-2/h3-5,12H,6-7H2,1-2H3,(H,22,24)(H2,20,21,23)/t12-/m1/s1. The number of benzene rings is 1. The van der Waals surface area contributed by atoms with Crippen LogP contribution in [0.2, 0.25) is 0 Å². The van der Waals surface area contributed by atoms with Gasteiger partial charge in [-0.05, 0) is 24.6 Å². The molecule has 0 spiro atoms. The number of aryl methyl sites for hydroxylation is 1. The topological polar surface area (TPSA) is 112 Å². The number of oxime groups is 1. The number of nitrogens with zero attached hydrogens (tertiary/aromatic N) is 3. The van der Waals surface area contributed by atoms with E-state index in [4.69, 9.17) is 10.6 Å². The van der Waals surface area contributed by atoms with E-state index in [-0.39, 0.29) is 24.4 Å². The number of amidine groups is 1. The van der Waals surface area contributed by atoms with Gasteiger partial charge in [-0.1, -0.05) is 27.2 Å². The molecule has 27 heavy (non-hydrogen) atoms. The van der Waals surface area contributed by atoms with Crippen LogP contribution in [-0.2, 0) is 20.8 Å². The molecule has 2 heterocycles. The third-order valence-electron chi connectivity index (χ3n) is 4.03. The fraction of sp³-hybridized carbons (Fsp3) is 0.294. The maximum absolute atomic E-state index is 13.4. The Bertz CT molecular complexity index is 922.